The van der Waals surface area contributed by atoms with Gasteiger partial charge in [0.25, 0.3) is 0 Å². The minimum Gasteiger partial charge on any atom is -0.344 e. The molecule has 0 saturated heterocycles. The summed E-state index contributed by atoms with van der Waals surface area (Å²) in [4.78, 5) is 0. The summed E-state index contributed by atoms with van der Waals surface area (Å²) in [7, 11) is 0. The Morgan fingerprint density at radius 1 is 1.04 bits per heavy atom. The number of aryl methyl sites for hydroxylation is 1. The van der Waals surface area contributed by atoms with Crippen molar-refractivity contribution in [2.75, 3.05) is 0 Å². The molecule has 0 atom stereocenters. The zero-order valence-electron chi connectivity index (χ0n) is 15.2. The van der Waals surface area contributed by atoms with Gasteiger partial charge in [-0.25, -0.2) is 0 Å². The molecule has 2 aromatic carbocycles. The fourth-order valence-corrected chi connectivity index (χ4v) is 4.72. The van der Waals surface area contributed by atoms with Crippen LogP contribution in [0.3, 0.4) is 0 Å². The Kier molecular flexibility index (Phi) is 3.16. The Morgan fingerprint density at radius 3 is 2.46 bits per heavy atom. The molecule has 0 fully saturated rings. The lowest BCUT2D eigenvalue weighted by molar-refractivity contribution is -0.233. The van der Waals surface area contributed by atoms with Gasteiger partial charge in [-0.2, -0.15) is 5.06 Å². The highest BCUT2D eigenvalue weighted by molar-refractivity contribution is 6.09. The Morgan fingerprint density at radius 2 is 1.75 bits per heavy atom. The lowest BCUT2D eigenvalue weighted by Crippen LogP contribution is -2.56. The van der Waals surface area contributed by atoms with Crippen LogP contribution in [0.15, 0.2) is 36.4 Å². The molecule has 0 bridgehead atoms. The Bertz CT molecular complexity index is 949. The zero-order chi connectivity index (χ0) is 17.3. The van der Waals surface area contributed by atoms with Crippen LogP contribution in [0.4, 0.5) is 0 Å². The fraction of sp³-hybridized carbons (Fsp3) is 0.429. The maximum absolute atomic E-state index is 10.9. The summed E-state index contributed by atoms with van der Waals surface area (Å²) in [6.45, 7) is 11.7. The molecule has 1 aliphatic heterocycles. The quantitative estimate of drug-likeness (QED) is 0.677. The number of aromatic nitrogens is 1. The summed E-state index contributed by atoms with van der Waals surface area (Å²) in [5.74, 6) is 0. The number of hydrogen-bond donors (Lipinski definition) is 1. The number of hydroxylamine groups is 2. The highest BCUT2D eigenvalue weighted by atomic mass is 16.5. The maximum atomic E-state index is 10.9. The molecule has 0 unspecified atom stereocenters. The predicted octanol–water partition coefficient (Wildman–Crippen LogP) is 5.08. The van der Waals surface area contributed by atoms with Crippen LogP contribution in [0.5, 0.6) is 0 Å². The van der Waals surface area contributed by atoms with Crippen LogP contribution in [0.2, 0.25) is 0 Å². The van der Waals surface area contributed by atoms with Crippen LogP contribution < -0.4 is 0 Å². The topological polar surface area (TPSA) is 28.4 Å². The third-order valence-corrected chi connectivity index (χ3v) is 5.69. The first kappa shape index (κ1) is 15.7. The van der Waals surface area contributed by atoms with Gasteiger partial charge in [0.1, 0.15) is 0 Å². The van der Waals surface area contributed by atoms with Crippen molar-refractivity contribution in [1.82, 2.24) is 9.63 Å². The normalized spacial score (nSPS) is 19.8. The monoisotopic (exact) mass is 322 g/mol. The first-order valence-electron chi connectivity index (χ1n) is 8.81. The van der Waals surface area contributed by atoms with Gasteiger partial charge < -0.3 is 9.77 Å². The van der Waals surface area contributed by atoms with Crippen LogP contribution >= 0.6 is 0 Å². The van der Waals surface area contributed by atoms with Gasteiger partial charge in [-0.3, -0.25) is 0 Å². The zero-order valence-corrected chi connectivity index (χ0v) is 15.2. The molecule has 2 heterocycles. The molecule has 0 aliphatic carbocycles. The highest BCUT2D eigenvalue weighted by Crippen LogP contribution is 2.47. The molecule has 1 aliphatic rings. The average Bonchev–Trinajstić information content (AvgIpc) is 2.86. The SMILES string of the molecule is CCn1c2c(c3c4ccccc4ccc31)C(C)(C)N(O)C(C)(C)C2. The predicted molar refractivity (Wildman–Crippen MR) is 99.6 cm³/mol. The van der Waals surface area contributed by atoms with E-state index < -0.39 is 5.54 Å². The lowest BCUT2D eigenvalue weighted by atomic mass is 9.78. The first-order chi connectivity index (χ1) is 11.3. The minimum atomic E-state index is -0.431. The van der Waals surface area contributed by atoms with Crippen LogP contribution in [0, 0.1) is 0 Å². The molecule has 3 heteroatoms. The van der Waals surface area contributed by atoms with Crippen molar-refractivity contribution >= 4 is 21.7 Å². The molecular formula is C21H26N2O. The second-order valence-corrected chi connectivity index (χ2v) is 8.11. The van der Waals surface area contributed by atoms with Crippen molar-refractivity contribution in [3.05, 3.63) is 47.7 Å². The molecule has 0 spiro atoms. The molecule has 3 nitrogen and oxygen atoms in total. The van der Waals surface area contributed by atoms with Gasteiger partial charge in [0.2, 0.25) is 0 Å². The highest BCUT2D eigenvalue weighted by Gasteiger charge is 2.47. The molecular weight excluding hydrogens is 296 g/mol. The van der Waals surface area contributed by atoms with E-state index in [-0.39, 0.29) is 5.54 Å². The Labute approximate surface area is 143 Å². The van der Waals surface area contributed by atoms with Crippen LogP contribution in [0.1, 0.15) is 45.9 Å². The van der Waals surface area contributed by atoms with E-state index in [4.69, 9.17) is 0 Å². The summed E-state index contributed by atoms with van der Waals surface area (Å²) in [5.41, 5.74) is 3.20. The van der Waals surface area contributed by atoms with Crippen molar-refractivity contribution in [3.63, 3.8) is 0 Å². The van der Waals surface area contributed by atoms with Crippen molar-refractivity contribution in [2.45, 2.75) is 58.7 Å². The summed E-state index contributed by atoms with van der Waals surface area (Å²) in [5, 5.41) is 16.3. The average molecular weight is 322 g/mol. The van der Waals surface area contributed by atoms with E-state index in [1.807, 2.05) is 0 Å². The number of nitrogens with zero attached hydrogens (tertiary/aromatic N) is 2. The van der Waals surface area contributed by atoms with Crippen molar-refractivity contribution in [1.29, 1.82) is 0 Å². The van der Waals surface area contributed by atoms with E-state index in [2.05, 4.69) is 75.6 Å². The van der Waals surface area contributed by atoms with Crippen LogP contribution in [0.25, 0.3) is 21.7 Å². The number of hydrogen-bond acceptors (Lipinski definition) is 2. The molecule has 4 rings (SSSR count). The largest absolute Gasteiger partial charge is 0.344 e. The molecule has 1 aromatic heterocycles. The van der Waals surface area contributed by atoms with Gasteiger partial charge in [0.15, 0.2) is 0 Å². The number of benzene rings is 2. The van der Waals surface area contributed by atoms with Crippen molar-refractivity contribution in [2.24, 2.45) is 0 Å². The van der Waals surface area contributed by atoms with E-state index in [1.165, 1.54) is 32.9 Å². The maximum Gasteiger partial charge on any atom is 0.0682 e. The summed E-state index contributed by atoms with van der Waals surface area (Å²) in [6, 6.07) is 13.0. The first-order valence-corrected chi connectivity index (χ1v) is 8.81. The van der Waals surface area contributed by atoms with Crippen molar-refractivity contribution in [3.8, 4) is 0 Å². The van der Waals surface area contributed by atoms with E-state index in [9.17, 15) is 5.21 Å². The third-order valence-electron chi connectivity index (χ3n) is 5.69. The molecule has 0 saturated carbocycles. The summed E-state index contributed by atoms with van der Waals surface area (Å²) in [6.07, 6.45) is 0.846. The lowest BCUT2D eigenvalue weighted by Gasteiger charge is -2.48. The van der Waals surface area contributed by atoms with E-state index >= 15 is 0 Å². The van der Waals surface area contributed by atoms with Gasteiger partial charge in [-0.15, -0.1) is 0 Å². The molecule has 0 radical (unpaired) electrons. The number of rotatable bonds is 1. The summed E-state index contributed by atoms with van der Waals surface area (Å²) < 4.78 is 2.44. The Balaban J connectivity index is 2.22. The molecule has 24 heavy (non-hydrogen) atoms. The minimum absolute atomic E-state index is 0.284. The van der Waals surface area contributed by atoms with Gasteiger partial charge in [-0.1, -0.05) is 30.3 Å². The van der Waals surface area contributed by atoms with Crippen molar-refractivity contribution < 1.29 is 5.21 Å². The van der Waals surface area contributed by atoms with Gasteiger partial charge in [0.05, 0.1) is 5.54 Å². The molecule has 1 N–H and O–H groups in total. The smallest absolute Gasteiger partial charge is 0.0682 e. The van der Waals surface area contributed by atoms with E-state index in [1.54, 1.807) is 5.06 Å². The molecule has 3 aromatic rings. The molecule has 0 amide bonds. The van der Waals surface area contributed by atoms with E-state index in [0.29, 0.717) is 0 Å². The number of fused-ring (bicyclic) bond motifs is 5. The van der Waals surface area contributed by atoms with Gasteiger partial charge >= 0.3 is 0 Å². The van der Waals surface area contributed by atoms with Crippen LogP contribution in [-0.2, 0) is 18.5 Å². The van der Waals surface area contributed by atoms with E-state index in [0.717, 1.165) is 13.0 Å². The summed E-state index contributed by atoms with van der Waals surface area (Å²) >= 11 is 0. The molecule has 126 valence electrons. The second kappa shape index (κ2) is 4.84. The second-order valence-electron chi connectivity index (χ2n) is 8.11. The Hall–Kier alpha value is -1.84. The van der Waals surface area contributed by atoms with Crippen LogP contribution in [-0.4, -0.2) is 20.4 Å². The van der Waals surface area contributed by atoms with Gasteiger partial charge in [0, 0.05) is 40.7 Å². The fourth-order valence-electron chi connectivity index (χ4n) is 4.72. The third kappa shape index (κ3) is 1.86. The van der Waals surface area contributed by atoms with Gasteiger partial charge in [-0.05, 0) is 51.5 Å². The standard InChI is InChI=1S/C21H26N2O/c1-6-22-16-12-11-14-9-7-8-10-15(14)18(16)19-17(22)13-20(2,3)23(24)21(19,4)5/h7-12,24H,6,13H2,1-5H3.